The summed E-state index contributed by atoms with van der Waals surface area (Å²) in [7, 11) is 0. The van der Waals surface area contributed by atoms with Crippen LogP contribution in [0.2, 0.25) is 0 Å². The lowest BCUT2D eigenvalue weighted by Crippen LogP contribution is -2.53. The van der Waals surface area contributed by atoms with Crippen LogP contribution in [0.25, 0.3) is 0 Å². The quantitative estimate of drug-likeness (QED) is 0.127. The van der Waals surface area contributed by atoms with Gasteiger partial charge in [0, 0.05) is 18.9 Å². The van der Waals surface area contributed by atoms with E-state index >= 15 is 4.79 Å². The average Bonchev–Trinajstić information content (AvgIpc) is 3.52. The Balaban J connectivity index is 1.32. The Kier molecular flexibility index (Phi) is 9.71. The van der Waals surface area contributed by atoms with Crippen molar-refractivity contribution in [2.75, 3.05) is 25.2 Å². The maximum Gasteiger partial charge on any atom is 0.303 e. The summed E-state index contributed by atoms with van der Waals surface area (Å²) in [5, 5.41) is 19.5. The molecule has 4 aliphatic rings. The summed E-state index contributed by atoms with van der Waals surface area (Å²) < 4.78 is 5.66. The number of carbonyl (C=O) groups is 5. The Hall–Kier alpha value is -5.29. The van der Waals surface area contributed by atoms with Crippen molar-refractivity contribution in [2.24, 2.45) is 23.7 Å². The maximum absolute atomic E-state index is 15.2. The summed E-state index contributed by atoms with van der Waals surface area (Å²) in [6.07, 6.45) is 4.15. The number of likely N-dealkylation sites (tertiary alicyclic amines) is 1. The number of unbranched alkanes of at least 4 members (excludes halogenated alkanes) is 2. The molecule has 6 atom stereocenters. The molecule has 0 radical (unpaired) electrons. The Morgan fingerprint density at radius 3 is 2.31 bits per heavy atom. The molecule has 0 aromatic heterocycles. The van der Waals surface area contributed by atoms with E-state index in [9.17, 15) is 24.3 Å². The topological polar surface area (TPSA) is 154 Å². The van der Waals surface area contributed by atoms with Gasteiger partial charge in [-0.05, 0) is 73.9 Å². The molecule has 0 unspecified atom stereocenters. The molecule has 270 valence electrons. The van der Waals surface area contributed by atoms with Crippen molar-refractivity contribution < 1.29 is 38.9 Å². The van der Waals surface area contributed by atoms with Crippen LogP contribution in [0.1, 0.15) is 61.1 Å². The minimum absolute atomic E-state index is 0.0332. The predicted octanol–water partition coefficient (Wildman–Crippen LogP) is 5.00. The predicted molar refractivity (Wildman–Crippen MR) is 191 cm³/mol. The highest BCUT2D eigenvalue weighted by atomic mass is 16.5. The molecule has 2 saturated heterocycles. The van der Waals surface area contributed by atoms with Crippen LogP contribution in [0, 0.1) is 30.6 Å². The molecule has 1 saturated carbocycles. The van der Waals surface area contributed by atoms with Crippen LogP contribution in [0.4, 0.5) is 5.69 Å². The first-order chi connectivity index (χ1) is 25.2. The molecule has 11 nitrogen and oxygen atoms in total. The van der Waals surface area contributed by atoms with E-state index in [4.69, 9.17) is 9.84 Å². The second-order valence-corrected chi connectivity index (χ2v) is 14.3. The number of nitrogens with zero attached hydrogens (tertiary/aromatic N) is 2. The first-order valence-electron chi connectivity index (χ1n) is 18.0. The number of hydrogen-bond acceptors (Lipinski definition) is 8. The number of rotatable bonds is 13. The van der Waals surface area contributed by atoms with E-state index in [1.165, 1.54) is 4.90 Å². The van der Waals surface area contributed by atoms with E-state index in [-0.39, 0.29) is 44.4 Å². The SMILES string of the molecule is Cc1ccc(NN2C(=O)[C@@H]3C[C@@H]4C(=CC[C@@H]5C(=O)N(CCCCCC(=O)O)C(=O)[C@@H]54)[C@H](c4ccc(OCCO)cc4)[C@]3(c3ccccc3)C2=O)cc1. The van der Waals surface area contributed by atoms with Gasteiger partial charge in [-0.2, -0.15) is 5.01 Å². The minimum atomic E-state index is -1.37. The largest absolute Gasteiger partial charge is 0.491 e. The third kappa shape index (κ3) is 5.96. The van der Waals surface area contributed by atoms with Gasteiger partial charge in [0.2, 0.25) is 11.8 Å². The number of allylic oxidation sites excluding steroid dienone is 2. The number of aliphatic carboxylic acids is 1. The van der Waals surface area contributed by atoms with Crippen LogP contribution in [-0.2, 0) is 29.4 Å². The molecule has 2 heterocycles. The summed E-state index contributed by atoms with van der Waals surface area (Å²) in [4.78, 5) is 70.3. The maximum atomic E-state index is 15.2. The van der Waals surface area contributed by atoms with E-state index in [1.54, 1.807) is 12.1 Å². The number of aliphatic hydroxyl groups excluding tert-OH is 1. The monoisotopic (exact) mass is 705 g/mol. The van der Waals surface area contributed by atoms with Crippen molar-refractivity contribution in [3.8, 4) is 5.75 Å². The fraction of sp³-hybridized carbons (Fsp3) is 0.390. The lowest BCUT2D eigenvalue weighted by Gasteiger charge is -2.50. The first-order valence-corrected chi connectivity index (χ1v) is 18.0. The number of carboxylic acids is 1. The number of carbonyl (C=O) groups excluding carboxylic acids is 4. The number of fused-ring (bicyclic) bond motifs is 4. The standard InChI is InChI=1S/C41H43N3O8/c1-25-11-15-28(16-12-25)42-44-38(49)33-24-32-30(19-20-31-35(32)39(50)43(37(31)48)21-7-3-6-10-34(46)47)36(26-13-17-29(18-14-26)52-23-22-45)41(33,40(44)51)27-8-4-2-5-9-27/h2,4-5,8-9,11-19,31-33,35-36,42,45H,3,6-7,10,20-24H2,1H3,(H,46,47)/t31-,32+,33-,35-,36-,41+/m0/s1. The van der Waals surface area contributed by atoms with Gasteiger partial charge in [-0.15, -0.1) is 0 Å². The Morgan fingerprint density at radius 2 is 1.62 bits per heavy atom. The molecule has 3 aromatic carbocycles. The average molecular weight is 706 g/mol. The first kappa shape index (κ1) is 35.1. The number of carboxylic acid groups (broad SMARTS) is 1. The Labute approximate surface area is 302 Å². The molecule has 4 amide bonds. The highest BCUT2D eigenvalue weighted by molar-refractivity contribution is 6.13. The second-order valence-electron chi connectivity index (χ2n) is 14.3. The van der Waals surface area contributed by atoms with E-state index in [0.717, 1.165) is 21.7 Å². The highest BCUT2D eigenvalue weighted by Crippen LogP contribution is 2.64. The van der Waals surface area contributed by atoms with Gasteiger partial charge in [-0.1, -0.05) is 78.2 Å². The number of ether oxygens (including phenoxy) is 1. The molecule has 52 heavy (non-hydrogen) atoms. The molecule has 2 aliphatic heterocycles. The zero-order chi connectivity index (χ0) is 36.6. The van der Waals surface area contributed by atoms with Crippen molar-refractivity contribution >= 4 is 35.3 Å². The zero-order valence-electron chi connectivity index (χ0n) is 29.1. The third-order valence-electron chi connectivity index (χ3n) is 11.3. The summed E-state index contributed by atoms with van der Waals surface area (Å²) in [5.41, 5.74) is 5.69. The second kappa shape index (κ2) is 14.4. The van der Waals surface area contributed by atoms with Gasteiger partial charge in [0.1, 0.15) is 12.4 Å². The van der Waals surface area contributed by atoms with E-state index < -0.39 is 52.8 Å². The fourth-order valence-corrected chi connectivity index (χ4v) is 9.05. The number of hydrogen-bond donors (Lipinski definition) is 3. The molecule has 11 heteroatoms. The van der Waals surface area contributed by atoms with Gasteiger partial charge in [-0.3, -0.25) is 34.3 Å². The van der Waals surface area contributed by atoms with Crippen LogP contribution >= 0.6 is 0 Å². The highest BCUT2D eigenvalue weighted by Gasteiger charge is 2.70. The van der Waals surface area contributed by atoms with Gasteiger partial charge in [-0.25, -0.2) is 0 Å². The molecule has 0 spiro atoms. The van der Waals surface area contributed by atoms with Crippen LogP contribution in [-0.4, -0.2) is 69.5 Å². The van der Waals surface area contributed by atoms with Crippen molar-refractivity contribution in [1.82, 2.24) is 9.91 Å². The van der Waals surface area contributed by atoms with Crippen LogP contribution in [0.5, 0.6) is 5.75 Å². The molecule has 3 fully saturated rings. The van der Waals surface area contributed by atoms with E-state index in [0.29, 0.717) is 42.7 Å². The summed E-state index contributed by atoms with van der Waals surface area (Å²) in [6, 6.07) is 24.2. The van der Waals surface area contributed by atoms with Crippen LogP contribution in [0.15, 0.2) is 90.5 Å². The molecule has 3 aromatic rings. The van der Waals surface area contributed by atoms with Crippen molar-refractivity contribution in [2.45, 2.75) is 56.8 Å². The number of nitrogens with one attached hydrogen (secondary N) is 1. The van der Waals surface area contributed by atoms with Crippen molar-refractivity contribution in [1.29, 1.82) is 0 Å². The lowest BCUT2D eigenvalue weighted by molar-refractivity contribution is -0.141. The van der Waals surface area contributed by atoms with Gasteiger partial charge in [0.25, 0.3) is 11.8 Å². The molecule has 2 aliphatic carbocycles. The van der Waals surface area contributed by atoms with Gasteiger partial charge in [0.15, 0.2) is 0 Å². The number of amides is 4. The molecular weight excluding hydrogens is 662 g/mol. The summed E-state index contributed by atoms with van der Waals surface area (Å²) in [6.45, 7) is 2.15. The van der Waals surface area contributed by atoms with Crippen LogP contribution in [0.3, 0.4) is 0 Å². The van der Waals surface area contributed by atoms with Crippen molar-refractivity contribution in [3.63, 3.8) is 0 Å². The van der Waals surface area contributed by atoms with Gasteiger partial charge < -0.3 is 14.9 Å². The Morgan fingerprint density at radius 1 is 0.885 bits per heavy atom. The van der Waals surface area contributed by atoms with Gasteiger partial charge >= 0.3 is 5.97 Å². The summed E-state index contributed by atoms with van der Waals surface area (Å²) >= 11 is 0. The van der Waals surface area contributed by atoms with Gasteiger partial charge in [0.05, 0.1) is 35.5 Å². The van der Waals surface area contributed by atoms with Crippen molar-refractivity contribution in [3.05, 3.63) is 107 Å². The molecule has 3 N–H and O–H groups in total. The van der Waals surface area contributed by atoms with E-state index in [1.807, 2.05) is 79.7 Å². The number of hydrazine groups is 1. The third-order valence-corrected chi connectivity index (χ3v) is 11.3. The minimum Gasteiger partial charge on any atom is -0.491 e. The number of imide groups is 2. The number of benzene rings is 3. The smallest absolute Gasteiger partial charge is 0.303 e. The summed E-state index contributed by atoms with van der Waals surface area (Å²) in [5.74, 6) is -4.86. The number of aliphatic hydroxyl groups is 1. The van der Waals surface area contributed by atoms with Crippen LogP contribution < -0.4 is 10.2 Å². The normalized spacial score (nSPS) is 26.5. The Bertz CT molecular complexity index is 1890. The number of anilines is 1. The zero-order valence-corrected chi connectivity index (χ0v) is 29.1. The number of aryl methyl sites for hydroxylation is 1. The lowest BCUT2D eigenvalue weighted by atomic mass is 9.49. The molecule has 7 rings (SSSR count). The fourth-order valence-electron chi connectivity index (χ4n) is 9.05. The molecule has 0 bridgehead atoms. The molecular formula is C41H43N3O8. The van der Waals surface area contributed by atoms with E-state index in [2.05, 4.69) is 5.43 Å².